The van der Waals surface area contributed by atoms with Crippen molar-refractivity contribution in [2.75, 3.05) is 19.8 Å². The Morgan fingerprint density at radius 1 is 1.54 bits per heavy atom. The predicted octanol–water partition coefficient (Wildman–Crippen LogP) is 2.98. The molecule has 1 rings (SSSR count). The number of nitrogens with zero attached hydrogens (tertiary/aromatic N) is 1. The van der Waals surface area contributed by atoms with Crippen LogP contribution in [0.4, 0.5) is 0 Å². The highest BCUT2D eigenvalue weighted by molar-refractivity contribution is 7.80. The van der Waals surface area contributed by atoms with Gasteiger partial charge in [0.05, 0.1) is 0 Å². The lowest BCUT2D eigenvalue weighted by molar-refractivity contribution is 0.297. The van der Waals surface area contributed by atoms with E-state index in [1.807, 2.05) is 11.3 Å². The Balaban J connectivity index is 2.82. The van der Waals surface area contributed by atoms with Crippen LogP contribution >= 0.6 is 24.0 Å². The second kappa shape index (κ2) is 5.03. The monoisotopic (exact) mass is 215 g/mol. The van der Waals surface area contributed by atoms with Gasteiger partial charge in [-0.25, -0.2) is 0 Å². The standard InChI is InChI=1S/C10H17NS2/c1-8-5-7-13-10(8)9(4-6-12)11(2)3/h5,7,9,12H,4,6H2,1-3H3. The Labute approximate surface area is 90.2 Å². The third-order valence-electron chi connectivity index (χ3n) is 2.23. The van der Waals surface area contributed by atoms with Crippen molar-refractivity contribution in [3.8, 4) is 0 Å². The molecule has 0 spiro atoms. The molecule has 1 atom stereocenters. The third-order valence-corrected chi connectivity index (χ3v) is 3.61. The Morgan fingerprint density at radius 3 is 2.62 bits per heavy atom. The molecule has 1 aromatic heterocycles. The van der Waals surface area contributed by atoms with Gasteiger partial charge in [0.25, 0.3) is 0 Å². The van der Waals surface area contributed by atoms with Crippen molar-refractivity contribution in [1.29, 1.82) is 0 Å². The number of thiophene rings is 1. The van der Waals surface area contributed by atoms with Gasteiger partial charge in [0.15, 0.2) is 0 Å². The summed E-state index contributed by atoms with van der Waals surface area (Å²) in [6.07, 6.45) is 1.12. The normalized spacial score (nSPS) is 13.6. The van der Waals surface area contributed by atoms with Gasteiger partial charge in [-0.3, -0.25) is 0 Å². The summed E-state index contributed by atoms with van der Waals surface area (Å²) in [6.45, 7) is 2.18. The lowest BCUT2D eigenvalue weighted by Gasteiger charge is -2.23. The van der Waals surface area contributed by atoms with Gasteiger partial charge in [0.2, 0.25) is 0 Å². The molecule has 0 saturated carbocycles. The molecule has 0 bridgehead atoms. The maximum atomic E-state index is 4.30. The SMILES string of the molecule is Cc1ccsc1C(CCS)N(C)C. The summed E-state index contributed by atoms with van der Waals surface area (Å²) in [5.74, 6) is 0.945. The quantitative estimate of drug-likeness (QED) is 0.756. The van der Waals surface area contributed by atoms with Gasteiger partial charge in [0.1, 0.15) is 0 Å². The van der Waals surface area contributed by atoms with Crippen molar-refractivity contribution in [3.05, 3.63) is 21.9 Å². The highest BCUT2D eigenvalue weighted by Crippen LogP contribution is 2.29. The first-order chi connectivity index (χ1) is 6.16. The maximum Gasteiger partial charge on any atom is 0.0445 e. The van der Waals surface area contributed by atoms with E-state index < -0.39 is 0 Å². The highest BCUT2D eigenvalue weighted by atomic mass is 32.1. The fraction of sp³-hybridized carbons (Fsp3) is 0.600. The number of aryl methyl sites for hydroxylation is 1. The van der Waals surface area contributed by atoms with Crippen LogP contribution < -0.4 is 0 Å². The summed E-state index contributed by atoms with van der Waals surface area (Å²) < 4.78 is 0. The zero-order chi connectivity index (χ0) is 9.84. The van der Waals surface area contributed by atoms with Crippen molar-refractivity contribution < 1.29 is 0 Å². The van der Waals surface area contributed by atoms with Crippen LogP contribution in [-0.4, -0.2) is 24.7 Å². The zero-order valence-electron chi connectivity index (χ0n) is 8.45. The summed E-state index contributed by atoms with van der Waals surface area (Å²) in [4.78, 5) is 3.76. The molecular formula is C10H17NS2. The first-order valence-electron chi connectivity index (χ1n) is 4.48. The molecule has 0 N–H and O–H groups in total. The molecule has 1 nitrogen and oxygen atoms in total. The molecule has 0 aliphatic carbocycles. The zero-order valence-corrected chi connectivity index (χ0v) is 10.2. The molecule has 0 aliphatic heterocycles. The van der Waals surface area contributed by atoms with Gasteiger partial charge >= 0.3 is 0 Å². The van der Waals surface area contributed by atoms with E-state index in [1.165, 1.54) is 10.4 Å². The predicted molar refractivity (Wildman–Crippen MR) is 64.0 cm³/mol. The van der Waals surface area contributed by atoms with E-state index >= 15 is 0 Å². The largest absolute Gasteiger partial charge is 0.302 e. The van der Waals surface area contributed by atoms with Gasteiger partial charge in [0, 0.05) is 10.9 Å². The minimum absolute atomic E-state index is 0.539. The average molecular weight is 215 g/mol. The second-order valence-corrected chi connectivity index (χ2v) is 4.85. The number of thiol groups is 1. The molecule has 0 radical (unpaired) electrons. The van der Waals surface area contributed by atoms with E-state index in [0.29, 0.717) is 6.04 Å². The van der Waals surface area contributed by atoms with E-state index in [2.05, 4.69) is 50.0 Å². The van der Waals surface area contributed by atoms with E-state index in [9.17, 15) is 0 Å². The smallest absolute Gasteiger partial charge is 0.0445 e. The summed E-state index contributed by atoms with van der Waals surface area (Å²) in [5.41, 5.74) is 1.41. The topological polar surface area (TPSA) is 3.24 Å². The van der Waals surface area contributed by atoms with Crippen molar-refractivity contribution >= 4 is 24.0 Å². The van der Waals surface area contributed by atoms with Crippen LogP contribution in [0.5, 0.6) is 0 Å². The van der Waals surface area contributed by atoms with Gasteiger partial charge < -0.3 is 4.90 Å². The van der Waals surface area contributed by atoms with Crippen LogP contribution in [0.15, 0.2) is 11.4 Å². The van der Waals surface area contributed by atoms with Crippen molar-refractivity contribution in [2.24, 2.45) is 0 Å². The van der Waals surface area contributed by atoms with Crippen LogP contribution in [0.1, 0.15) is 22.9 Å². The van der Waals surface area contributed by atoms with Crippen molar-refractivity contribution in [3.63, 3.8) is 0 Å². The van der Waals surface area contributed by atoms with Crippen LogP contribution in [0.3, 0.4) is 0 Å². The van der Waals surface area contributed by atoms with E-state index in [0.717, 1.165) is 12.2 Å². The first kappa shape index (κ1) is 11.1. The van der Waals surface area contributed by atoms with Crippen molar-refractivity contribution in [1.82, 2.24) is 4.90 Å². The average Bonchev–Trinajstić information content (AvgIpc) is 2.47. The molecule has 1 unspecified atom stereocenters. The molecule has 0 aromatic carbocycles. The lowest BCUT2D eigenvalue weighted by atomic mass is 10.1. The molecule has 0 fully saturated rings. The molecule has 74 valence electrons. The van der Waals surface area contributed by atoms with E-state index in [1.54, 1.807) is 0 Å². The van der Waals surface area contributed by atoms with Crippen LogP contribution in [0.2, 0.25) is 0 Å². The summed E-state index contributed by atoms with van der Waals surface area (Å²) >= 11 is 6.15. The molecule has 3 heteroatoms. The van der Waals surface area contributed by atoms with Crippen LogP contribution in [-0.2, 0) is 0 Å². The minimum Gasteiger partial charge on any atom is -0.302 e. The maximum absolute atomic E-state index is 4.30. The Kier molecular flexibility index (Phi) is 4.29. The molecular weight excluding hydrogens is 198 g/mol. The fourth-order valence-electron chi connectivity index (χ4n) is 1.47. The van der Waals surface area contributed by atoms with E-state index in [-0.39, 0.29) is 0 Å². The first-order valence-corrected chi connectivity index (χ1v) is 5.99. The fourth-order valence-corrected chi connectivity index (χ4v) is 2.87. The minimum atomic E-state index is 0.539. The third kappa shape index (κ3) is 2.73. The molecule has 13 heavy (non-hydrogen) atoms. The summed E-state index contributed by atoms with van der Waals surface area (Å²) in [6, 6.07) is 2.73. The summed E-state index contributed by atoms with van der Waals surface area (Å²) in [7, 11) is 4.26. The molecule has 1 heterocycles. The number of rotatable bonds is 4. The van der Waals surface area contributed by atoms with Gasteiger partial charge in [-0.2, -0.15) is 12.6 Å². The number of hydrogen-bond acceptors (Lipinski definition) is 3. The molecule has 0 aliphatic rings. The van der Waals surface area contributed by atoms with E-state index in [4.69, 9.17) is 0 Å². The molecule has 0 saturated heterocycles. The lowest BCUT2D eigenvalue weighted by Crippen LogP contribution is -2.20. The Bertz CT molecular complexity index is 255. The van der Waals surface area contributed by atoms with Crippen LogP contribution in [0, 0.1) is 6.92 Å². The van der Waals surface area contributed by atoms with Gasteiger partial charge in [-0.05, 0) is 50.2 Å². The summed E-state index contributed by atoms with van der Waals surface area (Å²) in [5, 5.41) is 2.17. The number of hydrogen-bond donors (Lipinski definition) is 1. The molecule has 1 aromatic rings. The van der Waals surface area contributed by atoms with Gasteiger partial charge in [-0.1, -0.05) is 0 Å². The van der Waals surface area contributed by atoms with Gasteiger partial charge in [-0.15, -0.1) is 11.3 Å². The Hall–Kier alpha value is 0.01000. The molecule has 0 amide bonds. The highest BCUT2D eigenvalue weighted by Gasteiger charge is 2.15. The Morgan fingerprint density at radius 2 is 2.23 bits per heavy atom. The van der Waals surface area contributed by atoms with Crippen molar-refractivity contribution in [2.45, 2.75) is 19.4 Å². The second-order valence-electron chi connectivity index (χ2n) is 3.46. The van der Waals surface area contributed by atoms with Crippen LogP contribution in [0.25, 0.3) is 0 Å².